The van der Waals surface area contributed by atoms with Crippen molar-refractivity contribution in [2.24, 2.45) is 10.8 Å². The van der Waals surface area contributed by atoms with Crippen LogP contribution in [0.5, 0.6) is 0 Å². The van der Waals surface area contributed by atoms with Crippen molar-refractivity contribution in [3.05, 3.63) is 88.5 Å². The van der Waals surface area contributed by atoms with Crippen LogP contribution in [0.3, 0.4) is 0 Å². The predicted octanol–water partition coefficient (Wildman–Crippen LogP) is 9.62. The van der Waals surface area contributed by atoms with Crippen LogP contribution in [0.1, 0.15) is 94.9 Å². The van der Waals surface area contributed by atoms with E-state index < -0.39 is 24.0 Å². The maximum Gasteiger partial charge on any atom is 0.328 e. The monoisotopic (exact) mass is 592 g/mol. The average Bonchev–Trinajstić information content (AvgIpc) is 2.86. The maximum absolute atomic E-state index is 10.9. The molecule has 0 spiro atoms. The van der Waals surface area contributed by atoms with Crippen molar-refractivity contribution < 1.29 is 18.8 Å². The molecule has 0 aliphatic heterocycles. The fourth-order valence-electron chi connectivity index (χ4n) is 5.01. The van der Waals surface area contributed by atoms with Crippen LogP contribution >= 0.6 is 0 Å². The predicted molar refractivity (Wildman–Crippen MR) is 177 cm³/mol. The number of benzene rings is 2. The first kappa shape index (κ1) is 34.9. The number of rotatable bonds is 13. The summed E-state index contributed by atoms with van der Waals surface area (Å²) in [4.78, 5) is 10.9. The molecule has 0 bridgehead atoms. The van der Waals surface area contributed by atoms with Gasteiger partial charge in [0.15, 0.2) is 0 Å². The van der Waals surface area contributed by atoms with Crippen LogP contribution in [0.15, 0.2) is 60.7 Å². The molecule has 0 aliphatic carbocycles. The molecule has 0 aliphatic rings. The lowest BCUT2D eigenvalue weighted by atomic mass is 9.77. The van der Waals surface area contributed by atoms with Gasteiger partial charge in [0, 0.05) is 6.08 Å². The molecule has 0 aromatic heterocycles. The molecule has 2 aromatic carbocycles. The number of carboxylic acids is 1. The molecule has 2 unspecified atom stereocenters. The first-order valence-corrected chi connectivity index (χ1v) is 19.6. The Morgan fingerprint density at radius 1 is 0.829 bits per heavy atom. The zero-order chi connectivity index (χ0) is 31.0. The zero-order valence-electron chi connectivity index (χ0n) is 27.2. The molecule has 2 aromatic rings. The van der Waals surface area contributed by atoms with Gasteiger partial charge in [-0.15, -0.1) is 0 Å². The highest BCUT2D eigenvalue weighted by atomic mass is 28.3. The van der Waals surface area contributed by atoms with Gasteiger partial charge in [0.25, 0.3) is 0 Å². The lowest BCUT2D eigenvalue weighted by Gasteiger charge is -2.39. The summed E-state index contributed by atoms with van der Waals surface area (Å²) in [7, 11) is -1.85. The number of hydrogen-bond acceptors (Lipinski definition) is 3. The van der Waals surface area contributed by atoms with Crippen LogP contribution in [0.25, 0.3) is 5.57 Å². The van der Waals surface area contributed by atoms with Gasteiger partial charge in [-0.3, -0.25) is 0 Å². The summed E-state index contributed by atoms with van der Waals surface area (Å²) < 4.78 is 13.4. The van der Waals surface area contributed by atoms with E-state index in [1.165, 1.54) is 28.3 Å². The Bertz CT molecular complexity index is 1200. The van der Waals surface area contributed by atoms with E-state index in [1.54, 1.807) is 6.08 Å². The highest BCUT2D eigenvalue weighted by Crippen LogP contribution is 2.45. The SMILES string of the molecule is CCC(=CC=CC(=O)O)c1cccc(CCc2ccc(C(O[Si](C)C)C(C)(C)C)c(C(O[Si](C)C)C(C)(C)C)c2)c1. The quantitative estimate of drug-likeness (QED) is 0.143. The molecule has 2 rings (SSSR count). The smallest absolute Gasteiger partial charge is 0.328 e. The lowest BCUT2D eigenvalue weighted by molar-refractivity contribution is -0.131. The van der Waals surface area contributed by atoms with Crippen molar-refractivity contribution in [3.63, 3.8) is 0 Å². The van der Waals surface area contributed by atoms with Gasteiger partial charge in [0.1, 0.15) is 0 Å². The summed E-state index contributed by atoms with van der Waals surface area (Å²) in [5.74, 6) is -0.934. The van der Waals surface area contributed by atoms with Crippen molar-refractivity contribution in [1.82, 2.24) is 0 Å². The molecule has 0 saturated heterocycles. The van der Waals surface area contributed by atoms with Gasteiger partial charge < -0.3 is 14.0 Å². The average molecular weight is 593 g/mol. The van der Waals surface area contributed by atoms with Gasteiger partial charge in [-0.05, 0) is 89.7 Å². The number of hydrogen-bond donors (Lipinski definition) is 1. The Kier molecular flexibility index (Phi) is 13.0. The molecular weight excluding hydrogens is 541 g/mol. The van der Waals surface area contributed by atoms with Crippen LogP contribution in [-0.4, -0.2) is 29.2 Å². The Balaban J connectivity index is 2.50. The van der Waals surface area contributed by atoms with E-state index in [1.807, 2.05) is 6.08 Å². The van der Waals surface area contributed by atoms with Crippen LogP contribution < -0.4 is 0 Å². The fraction of sp³-hybridized carbons (Fsp3) is 0.514. The van der Waals surface area contributed by atoms with Gasteiger partial charge in [-0.25, -0.2) is 4.79 Å². The van der Waals surface area contributed by atoms with Crippen molar-refractivity contribution in [2.75, 3.05) is 0 Å². The third kappa shape index (κ3) is 11.2. The lowest BCUT2D eigenvalue weighted by Crippen LogP contribution is -2.31. The topological polar surface area (TPSA) is 55.8 Å². The summed E-state index contributed by atoms with van der Waals surface area (Å²) in [5.41, 5.74) is 7.25. The van der Waals surface area contributed by atoms with Gasteiger partial charge in [-0.1, -0.05) is 103 Å². The Morgan fingerprint density at radius 3 is 1.85 bits per heavy atom. The second-order valence-corrected chi connectivity index (χ2v) is 17.6. The summed E-state index contributed by atoms with van der Waals surface area (Å²) in [6.45, 7) is 24.6. The number of carboxylic acid groups (broad SMARTS) is 1. The van der Waals surface area contributed by atoms with Crippen molar-refractivity contribution >= 4 is 29.6 Å². The molecule has 0 saturated carbocycles. The molecule has 0 amide bonds. The largest absolute Gasteiger partial charge is 0.478 e. The normalized spacial score (nSPS) is 14.7. The fourth-order valence-corrected chi connectivity index (χ4v) is 6.91. The number of aryl methyl sites for hydroxylation is 2. The van der Waals surface area contributed by atoms with Gasteiger partial charge in [0.05, 0.1) is 12.2 Å². The van der Waals surface area contributed by atoms with Crippen molar-refractivity contribution in [3.8, 4) is 0 Å². The number of allylic oxidation sites excluding steroid dienone is 3. The van der Waals surface area contributed by atoms with E-state index in [2.05, 4.69) is 117 Å². The highest BCUT2D eigenvalue weighted by molar-refractivity contribution is 6.48. The van der Waals surface area contributed by atoms with E-state index in [4.69, 9.17) is 14.0 Å². The first-order chi connectivity index (χ1) is 19.0. The van der Waals surface area contributed by atoms with Crippen molar-refractivity contribution in [2.45, 2.75) is 106 Å². The minimum atomic E-state index is -0.934. The molecule has 4 nitrogen and oxygen atoms in total. The van der Waals surface area contributed by atoms with E-state index in [-0.39, 0.29) is 23.0 Å². The van der Waals surface area contributed by atoms with E-state index in [0.29, 0.717) is 0 Å². The molecule has 0 heterocycles. The highest BCUT2D eigenvalue weighted by Gasteiger charge is 2.36. The minimum Gasteiger partial charge on any atom is -0.478 e. The van der Waals surface area contributed by atoms with Gasteiger partial charge >= 0.3 is 5.97 Å². The summed E-state index contributed by atoms with van der Waals surface area (Å²) >= 11 is 0. The maximum atomic E-state index is 10.9. The third-order valence-corrected chi connectivity index (χ3v) is 8.33. The van der Waals surface area contributed by atoms with Gasteiger partial charge in [-0.2, -0.15) is 0 Å². The molecule has 1 N–H and O–H groups in total. The van der Waals surface area contributed by atoms with Crippen LogP contribution in [0.4, 0.5) is 0 Å². The molecule has 41 heavy (non-hydrogen) atoms. The number of aliphatic carboxylic acids is 1. The van der Waals surface area contributed by atoms with Crippen LogP contribution in [0, 0.1) is 10.8 Å². The summed E-state index contributed by atoms with van der Waals surface area (Å²) in [6, 6.07) is 15.6. The van der Waals surface area contributed by atoms with E-state index in [9.17, 15) is 4.79 Å². The zero-order valence-corrected chi connectivity index (χ0v) is 29.2. The van der Waals surface area contributed by atoms with E-state index >= 15 is 0 Å². The summed E-state index contributed by atoms with van der Waals surface area (Å²) in [6.07, 6.45) is 7.34. The van der Waals surface area contributed by atoms with Crippen molar-refractivity contribution in [1.29, 1.82) is 0 Å². The van der Waals surface area contributed by atoms with Crippen LogP contribution in [-0.2, 0) is 26.5 Å². The molecule has 2 atom stereocenters. The molecule has 0 fully saturated rings. The second kappa shape index (κ2) is 15.3. The van der Waals surface area contributed by atoms with Gasteiger partial charge in [0.2, 0.25) is 18.1 Å². The molecule has 6 heteroatoms. The summed E-state index contributed by atoms with van der Waals surface area (Å²) in [5, 5.41) is 8.93. The van der Waals surface area contributed by atoms with Crippen LogP contribution in [0.2, 0.25) is 26.2 Å². The first-order valence-electron chi connectivity index (χ1n) is 14.8. The second-order valence-electron chi connectivity index (χ2n) is 13.5. The Morgan fingerprint density at radius 2 is 1.37 bits per heavy atom. The standard InChI is InChI=1S/C35H52O4Si2/c1-12-27(16-14-18-31(36)37)28-17-13-15-25(23-28)19-20-26-21-22-29(32(34(2,3)4)38-40(8)9)30(24-26)33(35(5,6)7)39-41(10)11/h13-18,21-24,32-33H,12,19-20H2,1-11H3,(H,36,37). The Hall–Kier alpha value is -2.26. The molecule has 2 radical (unpaired) electrons. The third-order valence-electron chi connectivity index (χ3n) is 6.91. The van der Waals surface area contributed by atoms with E-state index in [0.717, 1.165) is 30.4 Å². The Labute approximate surface area is 253 Å². The molecular formula is C35H52O4Si2. The number of carbonyl (C=O) groups is 1. The minimum absolute atomic E-state index is 0.000571. The molecule has 224 valence electrons.